The predicted molar refractivity (Wildman–Crippen MR) is 126 cm³/mol. The molecule has 0 spiro atoms. The summed E-state index contributed by atoms with van der Waals surface area (Å²) in [6.45, 7) is 7.69. The van der Waals surface area contributed by atoms with Crippen molar-refractivity contribution in [2.45, 2.75) is 45.3 Å². The van der Waals surface area contributed by atoms with E-state index in [1.54, 1.807) is 11.0 Å². The quantitative estimate of drug-likeness (QED) is 0.584. The third kappa shape index (κ3) is 4.55. The van der Waals surface area contributed by atoms with Crippen LogP contribution in [0.2, 0.25) is 0 Å². The van der Waals surface area contributed by atoms with Gasteiger partial charge in [-0.1, -0.05) is 32.1 Å². The molecule has 190 valence electrons. The molecule has 0 fully saturated rings. The molecule has 0 saturated heterocycles. The summed E-state index contributed by atoms with van der Waals surface area (Å²) in [4.78, 5) is 41.4. The number of unbranched alkanes of at least 4 members (excludes halogenated alkanes) is 1. The fourth-order valence-electron chi connectivity index (χ4n) is 4.30. The minimum absolute atomic E-state index is 0.0243. The van der Waals surface area contributed by atoms with E-state index >= 15 is 0 Å². The largest absolute Gasteiger partial charge is 0.487 e. The Labute approximate surface area is 205 Å². The van der Waals surface area contributed by atoms with E-state index in [1.165, 1.54) is 10.8 Å². The number of benzene rings is 1. The summed E-state index contributed by atoms with van der Waals surface area (Å²) < 4.78 is 48.5. The number of fused-ring (bicyclic) bond motifs is 4. The first-order chi connectivity index (χ1) is 17.1. The van der Waals surface area contributed by atoms with Gasteiger partial charge in [0.25, 0.3) is 11.8 Å². The highest BCUT2D eigenvalue weighted by molar-refractivity contribution is 5.99. The van der Waals surface area contributed by atoms with Crippen molar-refractivity contribution in [1.29, 1.82) is 0 Å². The van der Waals surface area contributed by atoms with Gasteiger partial charge in [0, 0.05) is 43.0 Å². The smallest absolute Gasteiger partial charge is 0.275 e. The van der Waals surface area contributed by atoms with Gasteiger partial charge in [-0.15, -0.1) is 0 Å². The number of nitrogens with one attached hydrogen (secondary N) is 1. The zero-order valence-corrected chi connectivity index (χ0v) is 19.9. The maximum Gasteiger partial charge on any atom is 0.275 e. The average Bonchev–Trinajstić information content (AvgIpc) is 2.95. The van der Waals surface area contributed by atoms with Gasteiger partial charge in [0.2, 0.25) is 5.43 Å². The number of carbonyl (C=O) groups excluding carboxylic acids is 2. The Morgan fingerprint density at radius 3 is 2.58 bits per heavy atom. The molecule has 1 aromatic heterocycles. The summed E-state index contributed by atoms with van der Waals surface area (Å²) in [5.41, 5.74) is -1.03. The lowest BCUT2D eigenvalue weighted by molar-refractivity contribution is 0.0641. The van der Waals surface area contributed by atoms with Crippen LogP contribution in [0.3, 0.4) is 0 Å². The number of ether oxygens (including phenoxy) is 1. The lowest BCUT2D eigenvalue weighted by Crippen LogP contribution is -2.48. The molecule has 0 radical (unpaired) electrons. The third-order valence-electron chi connectivity index (χ3n) is 6.39. The topological polar surface area (TPSA) is 80.6 Å². The van der Waals surface area contributed by atoms with Crippen LogP contribution in [0.25, 0.3) is 0 Å². The van der Waals surface area contributed by atoms with Gasteiger partial charge in [0.1, 0.15) is 23.0 Å². The Balaban J connectivity index is 1.77. The van der Waals surface area contributed by atoms with Crippen molar-refractivity contribution in [3.05, 3.63) is 87.1 Å². The maximum atomic E-state index is 14.0. The Morgan fingerprint density at radius 1 is 1.22 bits per heavy atom. The summed E-state index contributed by atoms with van der Waals surface area (Å²) in [6.07, 6.45) is 6.28. The van der Waals surface area contributed by atoms with E-state index in [4.69, 9.17) is 4.74 Å². The zero-order valence-electron chi connectivity index (χ0n) is 19.9. The highest BCUT2D eigenvalue weighted by Crippen LogP contribution is 2.34. The molecule has 0 unspecified atom stereocenters. The maximum absolute atomic E-state index is 14.0. The van der Waals surface area contributed by atoms with Gasteiger partial charge in [0.15, 0.2) is 11.4 Å². The SMILES string of the molecule is C=C1C=C[C@H](C)N2C[C@H]1n1cc(C(=O)NCc3c(F)cc(F)cc3F)c(=O)c(OCCCC)c1C2=O. The van der Waals surface area contributed by atoms with Gasteiger partial charge in [-0.2, -0.15) is 0 Å². The van der Waals surface area contributed by atoms with E-state index in [0.717, 1.165) is 6.42 Å². The summed E-state index contributed by atoms with van der Waals surface area (Å²) >= 11 is 0. The Hall–Kier alpha value is -3.82. The molecule has 4 rings (SSSR count). The molecule has 2 aromatic rings. The number of carbonyl (C=O) groups is 2. The second-order valence-corrected chi connectivity index (χ2v) is 8.84. The molecule has 2 atom stereocenters. The number of nitrogens with zero attached hydrogens (tertiary/aromatic N) is 2. The lowest BCUT2D eigenvalue weighted by atomic mass is 10.0. The Morgan fingerprint density at radius 2 is 1.92 bits per heavy atom. The zero-order chi connectivity index (χ0) is 26.1. The van der Waals surface area contributed by atoms with Gasteiger partial charge in [-0.05, 0) is 18.9 Å². The number of allylic oxidation sites excluding steroid dienone is 1. The average molecular weight is 502 g/mol. The number of rotatable bonds is 7. The number of amides is 2. The first kappa shape index (κ1) is 25.3. The van der Waals surface area contributed by atoms with Gasteiger partial charge >= 0.3 is 0 Å². The fraction of sp³-hybridized carbons (Fsp3) is 0.346. The van der Waals surface area contributed by atoms with Crippen LogP contribution in [0, 0.1) is 17.5 Å². The summed E-state index contributed by atoms with van der Waals surface area (Å²) in [6, 6.07) is 0.310. The van der Waals surface area contributed by atoms with Crippen LogP contribution in [0.15, 0.2) is 47.4 Å². The van der Waals surface area contributed by atoms with Crippen LogP contribution in [-0.2, 0) is 6.54 Å². The molecule has 2 amide bonds. The van der Waals surface area contributed by atoms with Crippen molar-refractivity contribution in [3.63, 3.8) is 0 Å². The first-order valence-electron chi connectivity index (χ1n) is 11.7. The van der Waals surface area contributed by atoms with Crippen molar-refractivity contribution in [2.75, 3.05) is 13.2 Å². The number of hydrogen-bond donors (Lipinski definition) is 1. The van der Waals surface area contributed by atoms with Crippen LogP contribution < -0.4 is 15.5 Å². The van der Waals surface area contributed by atoms with Crippen LogP contribution in [0.5, 0.6) is 5.75 Å². The van der Waals surface area contributed by atoms with Gasteiger partial charge < -0.3 is 19.5 Å². The third-order valence-corrected chi connectivity index (χ3v) is 6.39. The molecule has 36 heavy (non-hydrogen) atoms. The molecule has 2 aliphatic rings. The molecule has 1 aromatic carbocycles. The summed E-state index contributed by atoms with van der Waals surface area (Å²) in [7, 11) is 0. The van der Waals surface area contributed by atoms with Crippen molar-refractivity contribution in [1.82, 2.24) is 14.8 Å². The monoisotopic (exact) mass is 501 g/mol. The van der Waals surface area contributed by atoms with Gasteiger partial charge in [-0.3, -0.25) is 14.4 Å². The molecule has 1 N–H and O–H groups in total. The van der Waals surface area contributed by atoms with Crippen LogP contribution in [0.1, 0.15) is 59.1 Å². The number of halogens is 3. The Kier molecular flexibility index (Phi) is 7.05. The second kappa shape index (κ2) is 10.0. The molecule has 0 aliphatic carbocycles. The number of hydrogen-bond acceptors (Lipinski definition) is 4. The second-order valence-electron chi connectivity index (χ2n) is 8.84. The standard InChI is InChI=1S/C26H26F3N3O4/c1-4-5-8-36-24-22-26(35)31-13-21(14(2)6-7-15(31)3)32(22)12-18(23(24)33)25(34)30-11-17-19(28)9-16(27)10-20(17)29/h6-7,9-10,12,15,21H,2,4-5,8,11,13H2,1,3H3,(H,30,34)/t15-,21+/m0/s1. The molecular formula is C26H26F3N3O4. The van der Waals surface area contributed by atoms with Crippen molar-refractivity contribution in [3.8, 4) is 5.75 Å². The molecule has 3 heterocycles. The van der Waals surface area contributed by atoms with E-state index < -0.39 is 52.8 Å². The number of pyridine rings is 1. The molecular weight excluding hydrogens is 475 g/mol. The Bertz CT molecular complexity index is 1310. The van der Waals surface area contributed by atoms with Crippen LogP contribution in [0.4, 0.5) is 13.2 Å². The fourth-order valence-corrected chi connectivity index (χ4v) is 4.30. The predicted octanol–water partition coefficient (Wildman–Crippen LogP) is 3.89. The molecule has 10 heteroatoms. The van der Waals surface area contributed by atoms with E-state index in [2.05, 4.69) is 11.9 Å². The molecule has 7 nitrogen and oxygen atoms in total. The van der Waals surface area contributed by atoms with Crippen molar-refractivity contribution >= 4 is 11.8 Å². The van der Waals surface area contributed by atoms with Crippen LogP contribution >= 0.6 is 0 Å². The molecule has 2 bridgehead atoms. The number of aromatic nitrogens is 1. The molecule has 0 saturated carbocycles. The van der Waals surface area contributed by atoms with E-state index in [1.807, 2.05) is 19.9 Å². The highest BCUT2D eigenvalue weighted by atomic mass is 19.1. The van der Waals surface area contributed by atoms with E-state index in [0.29, 0.717) is 24.1 Å². The lowest BCUT2D eigenvalue weighted by Gasteiger charge is -2.37. The first-order valence-corrected chi connectivity index (χ1v) is 11.7. The van der Waals surface area contributed by atoms with Gasteiger partial charge in [-0.25, -0.2) is 13.2 Å². The van der Waals surface area contributed by atoms with Crippen LogP contribution in [-0.4, -0.2) is 40.5 Å². The van der Waals surface area contributed by atoms with Gasteiger partial charge in [0.05, 0.1) is 12.6 Å². The minimum atomic E-state index is -1.17. The minimum Gasteiger partial charge on any atom is -0.487 e. The normalized spacial score (nSPS) is 18.6. The summed E-state index contributed by atoms with van der Waals surface area (Å²) in [5, 5.41) is 2.31. The van der Waals surface area contributed by atoms with E-state index in [-0.39, 0.29) is 36.2 Å². The highest BCUT2D eigenvalue weighted by Gasteiger charge is 2.39. The van der Waals surface area contributed by atoms with Crippen molar-refractivity contribution in [2.24, 2.45) is 0 Å². The van der Waals surface area contributed by atoms with Crippen molar-refractivity contribution < 1.29 is 27.5 Å². The summed E-state index contributed by atoms with van der Waals surface area (Å²) in [5.74, 6) is -5.01. The molecule has 2 aliphatic heterocycles. The van der Waals surface area contributed by atoms with E-state index in [9.17, 15) is 27.6 Å².